The van der Waals surface area contributed by atoms with E-state index in [1.807, 2.05) is 0 Å². The summed E-state index contributed by atoms with van der Waals surface area (Å²) < 4.78 is 24.6. The maximum absolute atomic E-state index is 12.0. The Hall–Kier alpha value is -0.490. The fourth-order valence-corrected chi connectivity index (χ4v) is 2.44. The van der Waals surface area contributed by atoms with Crippen LogP contribution < -0.4 is 0 Å². The third-order valence-corrected chi connectivity index (χ3v) is 3.40. The van der Waals surface area contributed by atoms with E-state index >= 15 is 0 Å². The van der Waals surface area contributed by atoms with Crippen molar-refractivity contribution >= 4 is 33.2 Å². The van der Waals surface area contributed by atoms with Crippen molar-refractivity contribution in [2.45, 2.75) is 6.43 Å². The van der Waals surface area contributed by atoms with Crippen LogP contribution in [0.25, 0.3) is 0 Å². The fraction of sp³-hybridized carbons (Fsp3) is 0.375. The van der Waals surface area contributed by atoms with Crippen LogP contribution in [-0.4, -0.2) is 30.8 Å². The topological polar surface area (TPSA) is 20.3 Å². The molecule has 0 spiro atoms. The lowest BCUT2D eigenvalue weighted by Gasteiger charge is -2.15. The molecule has 1 heterocycles. The Labute approximate surface area is 92.7 Å². The van der Waals surface area contributed by atoms with Crippen LogP contribution in [0.5, 0.6) is 0 Å². The lowest BCUT2D eigenvalue weighted by Crippen LogP contribution is -2.30. The summed E-state index contributed by atoms with van der Waals surface area (Å²) in [6, 6.07) is 1.72. The third kappa shape index (κ3) is 2.75. The standard InChI is InChI=1S/C8H8BrF2NOS/c1-12(4-6(10)11)8(13)7-5(9)2-3-14-7/h2-3,6H,4H2,1H3. The van der Waals surface area contributed by atoms with Crippen molar-refractivity contribution < 1.29 is 13.6 Å². The molecule has 1 aromatic heterocycles. The van der Waals surface area contributed by atoms with Gasteiger partial charge in [0.15, 0.2) is 0 Å². The number of carbonyl (C=O) groups excluding carboxylic acids is 1. The molecule has 2 nitrogen and oxygen atoms in total. The molecule has 6 heteroatoms. The monoisotopic (exact) mass is 283 g/mol. The van der Waals surface area contributed by atoms with Gasteiger partial charge in [0.2, 0.25) is 0 Å². The number of halogens is 3. The zero-order valence-electron chi connectivity index (χ0n) is 7.34. The van der Waals surface area contributed by atoms with Crippen LogP contribution in [0.3, 0.4) is 0 Å². The molecule has 0 saturated carbocycles. The van der Waals surface area contributed by atoms with Gasteiger partial charge in [-0.25, -0.2) is 8.78 Å². The molecule has 0 radical (unpaired) electrons. The molecule has 0 saturated heterocycles. The van der Waals surface area contributed by atoms with E-state index in [1.165, 1.54) is 18.4 Å². The summed E-state index contributed by atoms with van der Waals surface area (Å²) >= 11 is 4.41. The van der Waals surface area contributed by atoms with Gasteiger partial charge in [0.05, 0.1) is 6.54 Å². The minimum Gasteiger partial charge on any atom is -0.335 e. The second-order valence-corrected chi connectivity index (χ2v) is 4.44. The van der Waals surface area contributed by atoms with Crippen molar-refractivity contribution in [2.75, 3.05) is 13.6 Å². The van der Waals surface area contributed by atoms with Crippen LogP contribution >= 0.6 is 27.3 Å². The first-order valence-corrected chi connectivity index (χ1v) is 5.46. The van der Waals surface area contributed by atoms with Crippen molar-refractivity contribution in [2.24, 2.45) is 0 Å². The molecule has 0 atom stereocenters. The normalized spacial score (nSPS) is 10.6. The maximum Gasteiger partial charge on any atom is 0.265 e. The van der Waals surface area contributed by atoms with Crippen LogP contribution in [0, 0.1) is 0 Å². The number of thiophene rings is 1. The minimum absolute atomic E-state index is 0.382. The average Bonchev–Trinajstić information content (AvgIpc) is 2.48. The van der Waals surface area contributed by atoms with Gasteiger partial charge >= 0.3 is 0 Å². The number of hydrogen-bond acceptors (Lipinski definition) is 2. The zero-order chi connectivity index (χ0) is 10.7. The minimum atomic E-state index is -2.50. The van der Waals surface area contributed by atoms with Crippen LogP contribution in [0.1, 0.15) is 9.67 Å². The Balaban J connectivity index is 2.71. The quantitative estimate of drug-likeness (QED) is 0.835. The van der Waals surface area contributed by atoms with E-state index in [1.54, 1.807) is 11.4 Å². The second kappa shape index (κ2) is 4.84. The van der Waals surface area contributed by atoms with Crippen molar-refractivity contribution in [1.82, 2.24) is 4.90 Å². The number of amides is 1. The SMILES string of the molecule is CN(CC(F)F)C(=O)c1sccc1Br. The lowest BCUT2D eigenvalue weighted by molar-refractivity contribution is 0.0624. The maximum atomic E-state index is 12.0. The molecule has 0 aliphatic heterocycles. The van der Waals surface area contributed by atoms with Crippen LogP contribution in [0.15, 0.2) is 15.9 Å². The highest BCUT2D eigenvalue weighted by Gasteiger charge is 2.18. The van der Waals surface area contributed by atoms with Crippen molar-refractivity contribution in [3.8, 4) is 0 Å². The highest BCUT2D eigenvalue weighted by atomic mass is 79.9. The van der Waals surface area contributed by atoms with E-state index in [9.17, 15) is 13.6 Å². The first-order chi connectivity index (χ1) is 6.52. The van der Waals surface area contributed by atoms with Gasteiger partial charge in [0.25, 0.3) is 12.3 Å². The highest BCUT2D eigenvalue weighted by Crippen LogP contribution is 2.23. The smallest absolute Gasteiger partial charge is 0.265 e. The Morgan fingerprint density at radius 2 is 2.36 bits per heavy atom. The predicted octanol–water partition coefficient (Wildman–Crippen LogP) is 2.85. The summed E-state index contributed by atoms with van der Waals surface area (Å²) in [7, 11) is 1.36. The van der Waals surface area contributed by atoms with Gasteiger partial charge in [-0.15, -0.1) is 11.3 Å². The van der Waals surface area contributed by atoms with Gasteiger partial charge in [0, 0.05) is 11.5 Å². The molecule has 0 aromatic carbocycles. The average molecular weight is 284 g/mol. The zero-order valence-corrected chi connectivity index (χ0v) is 9.74. The van der Waals surface area contributed by atoms with E-state index in [0.717, 1.165) is 4.90 Å². The Kier molecular flexibility index (Phi) is 4.00. The summed E-state index contributed by atoms with van der Waals surface area (Å²) in [4.78, 5) is 13.0. The molecule has 0 N–H and O–H groups in total. The third-order valence-electron chi connectivity index (χ3n) is 1.57. The molecule has 0 fully saturated rings. The van der Waals surface area contributed by atoms with E-state index in [0.29, 0.717) is 9.35 Å². The van der Waals surface area contributed by atoms with Crippen LogP contribution in [0.4, 0.5) is 8.78 Å². The lowest BCUT2D eigenvalue weighted by atomic mass is 10.4. The summed E-state index contributed by atoms with van der Waals surface area (Å²) in [5, 5.41) is 1.73. The molecule has 1 amide bonds. The largest absolute Gasteiger partial charge is 0.335 e. The van der Waals surface area contributed by atoms with Crippen molar-refractivity contribution in [1.29, 1.82) is 0 Å². The molecule has 1 aromatic rings. The Morgan fingerprint density at radius 1 is 1.71 bits per heavy atom. The van der Waals surface area contributed by atoms with E-state index in [-0.39, 0.29) is 5.91 Å². The fourth-order valence-electron chi connectivity index (χ4n) is 0.910. The summed E-state index contributed by atoms with van der Waals surface area (Å²) in [6.07, 6.45) is -2.50. The molecule has 0 unspecified atom stereocenters. The van der Waals surface area contributed by atoms with Gasteiger partial charge in [-0.2, -0.15) is 0 Å². The Bertz CT molecular complexity index is 329. The number of carbonyl (C=O) groups is 1. The summed E-state index contributed by atoms with van der Waals surface area (Å²) in [5.74, 6) is -0.382. The van der Waals surface area contributed by atoms with Crippen molar-refractivity contribution in [3.63, 3.8) is 0 Å². The molecule has 1 rings (SSSR count). The predicted molar refractivity (Wildman–Crippen MR) is 55.0 cm³/mol. The van der Waals surface area contributed by atoms with E-state index < -0.39 is 13.0 Å². The molecule has 78 valence electrons. The second-order valence-electron chi connectivity index (χ2n) is 2.67. The summed E-state index contributed by atoms with van der Waals surface area (Å²) in [5.41, 5.74) is 0. The van der Waals surface area contributed by atoms with E-state index in [2.05, 4.69) is 15.9 Å². The van der Waals surface area contributed by atoms with Gasteiger partial charge in [-0.3, -0.25) is 4.79 Å². The van der Waals surface area contributed by atoms with Crippen molar-refractivity contribution in [3.05, 3.63) is 20.8 Å². The van der Waals surface area contributed by atoms with Crippen LogP contribution in [0.2, 0.25) is 0 Å². The van der Waals surface area contributed by atoms with Gasteiger partial charge in [0.1, 0.15) is 4.88 Å². The molecular formula is C8H8BrF2NOS. The van der Waals surface area contributed by atoms with Crippen LogP contribution in [-0.2, 0) is 0 Å². The number of alkyl halides is 2. The highest BCUT2D eigenvalue weighted by molar-refractivity contribution is 9.10. The first-order valence-electron chi connectivity index (χ1n) is 3.79. The molecule has 0 bridgehead atoms. The molecular weight excluding hydrogens is 276 g/mol. The van der Waals surface area contributed by atoms with Gasteiger partial charge in [-0.05, 0) is 27.4 Å². The number of rotatable bonds is 3. The first kappa shape index (κ1) is 11.6. The summed E-state index contributed by atoms with van der Waals surface area (Å²) in [6.45, 7) is -0.539. The van der Waals surface area contributed by atoms with Gasteiger partial charge < -0.3 is 4.90 Å². The van der Waals surface area contributed by atoms with E-state index in [4.69, 9.17) is 0 Å². The van der Waals surface area contributed by atoms with Gasteiger partial charge in [-0.1, -0.05) is 0 Å². The molecule has 0 aliphatic carbocycles. The number of hydrogen-bond donors (Lipinski definition) is 0. The Morgan fingerprint density at radius 3 is 2.79 bits per heavy atom. The number of nitrogens with zero attached hydrogens (tertiary/aromatic N) is 1. The molecule has 0 aliphatic rings. The molecule has 14 heavy (non-hydrogen) atoms.